The largest absolute Gasteiger partial charge is 0.366 e. The highest BCUT2D eigenvalue weighted by atomic mass is 35.5. The van der Waals surface area contributed by atoms with Crippen LogP contribution in [0.5, 0.6) is 0 Å². The first-order valence-corrected chi connectivity index (χ1v) is 5.30. The molecule has 1 aromatic heterocycles. The highest BCUT2D eigenvalue weighted by Gasteiger charge is 2.13. The Hall–Kier alpha value is -1.29. The van der Waals surface area contributed by atoms with Crippen LogP contribution in [0.25, 0.3) is 0 Å². The van der Waals surface area contributed by atoms with Gasteiger partial charge in [-0.2, -0.15) is 0 Å². The number of rotatable bonds is 2. The number of nitrogens with zero attached hydrogens (tertiary/aromatic N) is 1. The van der Waals surface area contributed by atoms with Gasteiger partial charge in [0.15, 0.2) is 5.82 Å². The first-order valence-electron chi connectivity index (χ1n) is 4.92. The predicted molar refractivity (Wildman–Crippen MR) is 60.3 cm³/mol. The molecule has 0 saturated heterocycles. The molecule has 0 spiro atoms. The van der Waals surface area contributed by atoms with Crippen molar-refractivity contribution in [2.75, 3.05) is 5.32 Å². The van der Waals surface area contributed by atoms with Crippen LogP contribution in [-0.4, -0.2) is 16.0 Å². The smallest absolute Gasteiger partial charge is 0.271 e. The second-order valence-electron chi connectivity index (χ2n) is 3.52. The van der Waals surface area contributed by atoms with Crippen molar-refractivity contribution >= 4 is 17.4 Å². The standard InChI is InChI=1S/C10H12ClN3O/c11-8-9(12-6-13-10(8)15)14-7-4-2-1-3-5-7/h1-2,6-7H,3-5H2,(H2,12,13,14,15). The van der Waals surface area contributed by atoms with Crippen LogP contribution in [0, 0.1) is 0 Å². The van der Waals surface area contributed by atoms with Gasteiger partial charge in [0.25, 0.3) is 5.56 Å². The zero-order chi connectivity index (χ0) is 10.7. The zero-order valence-electron chi connectivity index (χ0n) is 8.16. The van der Waals surface area contributed by atoms with Gasteiger partial charge in [-0.25, -0.2) is 4.98 Å². The van der Waals surface area contributed by atoms with Crippen molar-refractivity contribution in [3.8, 4) is 0 Å². The Labute approximate surface area is 92.4 Å². The molecule has 1 aliphatic carbocycles. The second-order valence-corrected chi connectivity index (χ2v) is 3.90. The van der Waals surface area contributed by atoms with Gasteiger partial charge < -0.3 is 10.3 Å². The van der Waals surface area contributed by atoms with E-state index >= 15 is 0 Å². The summed E-state index contributed by atoms with van der Waals surface area (Å²) in [5.74, 6) is 0.473. The highest BCUT2D eigenvalue weighted by molar-refractivity contribution is 6.32. The molecular formula is C10H12ClN3O. The number of nitrogens with one attached hydrogen (secondary N) is 2. The monoisotopic (exact) mass is 225 g/mol. The number of aromatic amines is 1. The molecule has 0 radical (unpaired) electrons. The van der Waals surface area contributed by atoms with Gasteiger partial charge in [0.1, 0.15) is 5.02 Å². The number of anilines is 1. The van der Waals surface area contributed by atoms with E-state index in [-0.39, 0.29) is 10.6 Å². The number of H-pyrrole nitrogens is 1. The Balaban J connectivity index is 2.13. The minimum absolute atomic E-state index is 0.132. The Kier molecular flexibility index (Phi) is 3.06. The molecule has 4 nitrogen and oxygen atoms in total. The molecule has 15 heavy (non-hydrogen) atoms. The van der Waals surface area contributed by atoms with Crippen LogP contribution in [0.15, 0.2) is 23.3 Å². The van der Waals surface area contributed by atoms with Crippen LogP contribution < -0.4 is 10.9 Å². The third-order valence-corrected chi connectivity index (χ3v) is 2.76. The van der Waals surface area contributed by atoms with Gasteiger partial charge in [-0.15, -0.1) is 0 Å². The topological polar surface area (TPSA) is 57.8 Å². The van der Waals surface area contributed by atoms with Crippen LogP contribution in [-0.2, 0) is 0 Å². The first-order chi connectivity index (χ1) is 7.27. The summed E-state index contributed by atoms with van der Waals surface area (Å²) in [5, 5.41) is 3.31. The van der Waals surface area contributed by atoms with E-state index in [0.717, 1.165) is 19.3 Å². The van der Waals surface area contributed by atoms with Gasteiger partial charge in [-0.3, -0.25) is 4.79 Å². The lowest BCUT2D eigenvalue weighted by Crippen LogP contribution is -2.23. The van der Waals surface area contributed by atoms with Crippen LogP contribution >= 0.6 is 11.6 Å². The van der Waals surface area contributed by atoms with Crippen molar-refractivity contribution in [2.45, 2.75) is 25.3 Å². The summed E-state index contributed by atoms with van der Waals surface area (Å²) in [6.07, 6.45) is 8.69. The molecule has 80 valence electrons. The van der Waals surface area contributed by atoms with E-state index in [1.807, 2.05) is 0 Å². The molecule has 2 N–H and O–H groups in total. The molecule has 0 saturated carbocycles. The summed E-state index contributed by atoms with van der Waals surface area (Å²) in [6.45, 7) is 0. The maximum Gasteiger partial charge on any atom is 0.271 e. The molecule has 0 amide bonds. The fourth-order valence-corrected chi connectivity index (χ4v) is 1.76. The van der Waals surface area contributed by atoms with Crippen LogP contribution in [0.1, 0.15) is 19.3 Å². The van der Waals surface area contributed by atoms with E-state index < -0.39 is 0 Å². The lowest BCUT2D eigenvalue weighted by molar-refractivity contribution is 0.641. The lowest BCUT2D eigenvalue weighted by Gasteiger charge is -2.19. The Bertz CT molecular complexity index is 427. The molecule has 0 fully saturated rings. The van der Waals surface area contributed by atoms with Crippen LogP contribution in [0.2, 0.25) is 5.02 Å². The molecule has 5 heteroatoms. The van der Waals surface area contributed by atoms with Gasteiger partial charge in [-0.05, 0) is 19.3 Å². The van der Waals surface area contributed by atoms with E-state index in [1.54, 1.807) is 0 Å². The van der Waals surface area contributed by atoms with E-state index in [1.165, 1.54) is 6.33 Å². The number of hydrogen-bond donors (Lipinski definition) is 2. The summed E-state index contributed by atoms with van der Waals surface area (Å²) < 4.78 is 0. The number of hydrogen-bond acceptors (Lipinski definition) is 3. The van der Waals surface area contributed by atoms with E-state index in [0.29, 0.717) is 11.9 Å². The van der Waals surface area contributed by atoms with Crippen molar-refractivity contribution in [3.05, 3.63) is 33.9 Å². The molecule has 0 aromatic carbocycles. The first kappa shape index (κ1) is 10.2. The van der Waals surface area contributed by atoms with Gasteiger partial charge in [0.2, 0.25) is 0 Å². The summed E-state index contributed by atoms with van der Waals surface area (Å²) in [5.41, 5.74) is -0.305. The summed E-state index contributed by atoms with van der Waals surface area (Å²) in [6, 6.07) is 0.321. The van der Waals surface area contributed by atoms with E-state index in [2.05, 4.69) is 27.4 Å². The van der Waals surface area contributed by atoms with Gasteiger partial charge >= 0.3 is 0 Å². The quantitative estimate of drug-likeness (QED) is 0.757. The molecule has 1 atom stereocenters. The average Bonchev–Trinajstić information content (AvgIpc) is 2.26. The van der Waals surface area contributed by atoms with Crippen molar-refractivity contribution < 1.29 is 0 Å². The lowest BCUT2D eigenvalue weighted by atomic mass is 10.0. The second kappa shape index (κ2) is 4.49. The van der Waals surface area contributed by atoms with Crippen molar-refractivity contribution in [1.82, 2.24) is 9.97 Å². The van der Waals surface area contributed by atoms with E-state index in [4.69, 9.17) is 11.6 Å². The SMILES string of the molecule is O=c1[nH]cnc(NC2CC=CCC2)c1Cl. The van der Waals surface area contributed by atoms with Crippen molar-refractivity contribution in [2.24, 2.45) is 0 Å². The zero-order valence-corrected chi connectivity index (χ0v) is 8.92. The van der Waals surface area contributed by atoms with Gasteiger partial charge in [0.05, 0.1) is 6.33 Å². The number of halogens is 1. The Morgan fingerprint density at radius 3 is 3.13 bits per heavy atom. The van der Waals surface area contributed by atoms with Crippen LogP contribution in [0.3, 0.4) is 0 Å². The maximum atomic E-state index is 11.2. The summed E-state index contributed by atoms with van der Waals surface area (Å²) in [4.78, 5) is 17.6. The number of aromatic nitrogens is 2. The molecule has 0 bridgehead atoms. The highest BCUT2D eigenvalue weighted by Crippen LogP contribution is 2.19. The minimum Gasteiger partial charge on any atom is -0.366 e. The number of allylic oxidation sites excluding steroid dienone is 1. The third kappa shape index (κ3) is 2.39. The minimum atomic E-state index is -0.305. The van der Waals surface area contributed by atoms with E-state index in [9.17, 15) is 4.79 Å². The summed E-state index contributed by atoms with van der Waals surface area (Å²) >= 11 is 5.83. The van der Waals surface area contributed by atoms with Crippen LogP contribution in [0.4, 0.5) is 5.82 Å². The molecular weight excluding hydrogens is 214 g/mol. The normalized spacial score (nSPS) is 20.2. The molecule has 1 aliphatic rings. The molecule has 1 unspecified atom stereocenters. The predicted octanol–water partition coefficient (Wildman–Crippen LogP) is 1.94. The Morgan fingerprint density at radius 2 is 2.40 bits per heavy atom. The van der Waals surface area contributed by atoms with Crippen molar-refractivity contribution in [3.63, 3.8) is 0 Å². The van der Waals surface area contributed by atoms with Gasteiger partial charge in [0, 0.05) is 6.04 Å². The maximum absolute atomic E-state index is 11.2. The fraction of sp³-hybridized carbons (Fsp3) is 0.400. The molecule has 0 aliphatic heterocycles. The summed E-state index contributed by atoms with van der Waals surface area (Å²) in [7, 11) is 0. The fourth-order valence-electron chi connectivity index (χ4n) is 1.60. The van der Waals surface area contributed by atoms with Crippen molar-refractivity contribution in [1.29, 1.82) is 0 Å². The molecule has 2 rings (SSSR count). The molecule has 1 aromatic rings. The van der Waals surface area contributed by atoms with Gasteiger partial charge in [-0.1, -0.05) is 23.8 Å². The molecule has 1 heterocycles. The third-order valence-electron chi connectivity index (χ3n) is 2.41. The Morgan fingerprint density at radius 1 is 1.53 bits per heavy atom. The average molecular weight is 226 g/mol.